The van der Waals surface area contributed by atoms with Crippen LogP contribution in [0.5, 0.6) is 5.75 Å². The van der Waals surface area contributed by atoms with E-state index in [-0.39, 0.29) is 5.78 Å². The van der Waals surface area contributed by atoms with E-state index in [1.54, 1.807) is 25.3 Å². The molecule has 5 heteroatoms. The van der Waals surface area contributed by atoms with Gasteiger partial charge in [-0.3, -0.25) is 4.79 Å². The van der Waals surface area contributed by atoms with Crippen molar-refractivity contribution in [3.05, 3.63) is 28.2 Å². The molecule has 0 saturated carbocycles. The number of halogens is 2. The summed E-state index contributed by atoms with van der Waals surface area (Å²) in [7, 11) is 1.62. The van der Waals surface area contributed by atoms with E-state index < -0.39 is 0 Å². The smallest absolute Gasteiger partial charge is 0.164 e. The molecule has 1 aromatic rings. The first-order valence-corrected chi connectivity index (χ1v) is 6.52. The average Bonchev–Trinajstić information content (AvgIpc) is 2.31. The molecule has 1 aromatic carbocycles. The molecule has 0 unspecified atom stereocenters. The number of hydrogen-bond donors (Lipinski definition) is 0. The van der Waals surface area contributed by atoms with Crippen molar-refractivity contribution in [2.24, 2.45) is 0 Å². The van der Waals surface area contributed by atoms with E-state index in [2.05, 4.69) is 15.9 Å². The average molecular weight is 322 g/mol. The van der Waals surface area contributed by atoms with Crippen LogP contribution in [0.1, 0.15) is 16.8 Å². The number of ether oxygens (including phenoxy) is 2. The minimum Gasteiger partial charge on any atom is -0.490 e. The molecule has 0 aliphatic heterocycles. The third kappa shape index (κ3) is 4.66. The van der Waals surface area contributed by atoms with Gasteiger partial charge in [-0.1, -0.05) is 0 Å². The van der Waals surface area contributed by atoms with E-state index in [0.717, 1.165) is 4.47 Å². The largest absolute Gasteiger partial charge is 0.490 e. The molecule has 0 fully saturated rings. The van der Waals surface area contributed by atoms with Crippen LogP contribution < -0.4 is 4.74 Å². The van der Waals surface area contributed by atoms with Crippen LogP contribution in [0.25, 0.3) is 0 Å². The normalized spacial score (nSPS) is 10.3. The Bertz CT molecular complexity index is 382. The quantitative estimate of drug-likeness (QED) is 0.439. The van der Waals surface area contributed by atoms with Gasteiger partial charge in [-0.2, -0.15) is 0 Å². The fourth-order valence-corrected chi connectivity index (χ4v) is 1.92. The van der Waals surface area contributed by atoms with Gasteiger partial charge in [-0.05, 0) is 34.1 Å². The lowest BCUT2D eigenvalue weighted by atomic mass is 10.1. The molecular formula is C12H14BrClO3. The number of alkyl halides is 1. The monoisotopic (exact) mass is 320 g/mol. The van der Waals surface area contributed by atoms with Crippen LogP contribution in [0.2, 0.25) is 0 Å². The van der Waals surface area contributed by atoms with Crippen LogP contribution in [0, 0.1) is 0 Å². The zero-order valence-electron chi connectivity index (χ0n) is 9.54. The van der Waals surface area contributed by atoms with Gasteiger partial charge in [0.25, 0.3) is 0 Å². The van der Waals surface area contributed by atoms with Gasteiger partial charge in [0.1, 0.15) is 12.4 Å². The van der Waals surface area contributed by atoms with E-state index in [4.69, 9.17) is 21.1 Å². The minimum absolute atomic E-state index is 0.0316. The molecule has 0 aromatic heterocycles. The van der Waals surface area contributed by atoms with Gasteiger partial charge in [0.15, 0.2) is 5.78 Å². The zero-order chi connectivity index (χ0) is 12.7. The fraction of sp³-hybridized carbons (Fsp3) is 0.417. The molecule has 0 bridgehead atoms. The van der Waals surface area contributed by atoms with Crippen molar-refractivity contribution in [1.82, 2.24) is 0 Å². The number of carbonyl (C=O) groups excluding carboxylic acids is 1. The predicted octanol–water partition coefficient (Wildman–Crippen LogP) is 3.29. The summed E-state index contributed by atoms with van der Waals surface area (Å²) in [6.07, 6.45) is 0.345. The Morgan fingerprint density at radius 2 is 2.18 bits per heavy atom. The Morgan fingerprint density at radius 1 is 1.41 bits per heavy atom. The van der Waals surface area contributed by atoms with Crippen LogP contribution in [-0.2, 0) is 4.74 Å². The number of methoxy groups -OCH3 is 1. The van der Waals surface area contributed by atoms with E-state index in [1.807, 2.05) is 0 Å². The van der Waals surface area contributed by atoms with E-state index >= 15 is 0 Å². The second-order valence-electron chi connectivity index (χ2n) is 3.35. The second kappa shape index (κ2) is 7.69. The van der Waals surface area contributed by atoms with Gasteiger partial charge in [-0.15, -0.1) is 11.6 Å². The number of rotatable bonds is 7. The van der Waals surface area contributed by atoms with Crippen LogP contribution in [0.4, 0.5) is 0 Å². The molecule has 94 valence electrons. The number of ketones is 1. The van der Waals surface area contributed by atoms with Crippen LogP contribution >= 0.6 is 27.5 Å². The Morgan fingerprint density at radius 3 is 2.76 bits per heavy atom. The molecule has 0 radical (unpaired) electrons. The molecule has 1 rings (SSSR count). The first-order valence-electron chi connectivity index (χ1n) is 5.19. The number of benzene rings is 1. The van der Waals surface area contributed by atoms with Gasteiger partial charge in [0, 0.05) is 25.0 Å². The summed E-state index contributed by atoms with van der Waals surface area (Å²) in [4.78, 5) is 11.6. The third-order valence-electron chi connectivity index (χ3n) is 2.12. The van der Waals surface area contributed by atoms with Gasteiger partial charge >= 0.3 is 0 Å². The van der Waals surface area contributed by atoms with Gasteiger partial charge in [0.05, 0.1) is 11.1 Å². The van der Waals surface area contributed by atoms with Crippen molar-refractivity contribution >= 4 is 33.3 Å². The summed E-state index contributed by atoms with van der Waals surface area (Å²) in [5, 5.41) is 0. The van der Waals surface area contributed by atoms with Crippen molar-refractivity contribution in [3.63, 3.8) is 0 Å². The maximum absolute atomic E-state index is 11.6. The maximum Gasteiger partial charge on any atom is 0.164 e. The van der Waals surface area contributed by atoms with Gasteiger partial charge < -0.3 is 9.47 Å². The Kier molecular flexibility index (Phi) is 6.55. The highest BCUT2D eigenvalue weighted by Crippen LogP contribution is 2.26. The molecule has 0 heterocycles. The summed E-state index contributed by atoms with van der Waals surface area (Å²) < 4.78 is 11.1. The van der Waals surface area contributed by atoms with Crippen molar-refractivity contribution in [2.75, 3.05) is 26.2 Å². The van der Waals surface area contributed by atoms with Crippen molar-refractivity contribution in [3.8, 4) is 5.75 Å². The van der Waals surface area contributed by atoms with Crippen LogP contribution in [-0.4, -0.2) is 32.0 Å². The summed E-state index contributed by atoms with van der Waals surface area (Å²) >= 11 is 8.90. The first-order chi connectivity index (χ1) is 8.19. The molecule has 0 spiro atoms. The highest BCUT2D eigenvalue weighted by Gasteiger charge is 2.08. The lowest BCUT2D eigenvalue weighted by Gasteiger charge is -2.08. The summed E-state index contributed by atoms with van der Waals surface area (Å²) in [5.74, 6) is 1.07. The SMILES string of the molecule is COCCOc1ccc(C(=O)CCCl)cc1Br. The van der Waals surface area contributed by atoms with Gasteiger partial charge in [0.2, 0.25) is 0 Å². The molecule has 3 nitrogen and oxygen atoms in total. The summed E-state index contributed by atoms with van der Waals surface area (Å²) in [6, 6.07) is 5.25. The summed E-state index contributed by atoms with van der Waals surface area (Å²) in [6.45, 7) is 1.00. The van der Waals surface area contributed by atoms with Gasteiger partial charge in [-0.25, -0.2) is 0 Å². The Balaban J connectivity index is 2.68. The topological polar surface area (TPSA) is 35.5 Å². The third-order valence-corrected chi connectivity index (χ3v) is 2.93. The van der Waals surface area contributed by atoms with E-state index in [9.17, 15) is 4.79 Å². The highest BCUT2D eigenvalue weighted by atomic mass is 79.9. The molecular weight excluding hydrogens is 307 g/mol. The number of Topliss-reactive ketones (excluding diaryl/α,β-unsaturated/α-hetero) is 1. The highest BCUT2D eigenvalue weighted by molar-refractivity contribution is 9.10. The van der Waals surface area contributed by atoms with E-state index in [1.165, 1.54) is 0 Å². The first kappa shape index (κ1) is 14.5. The lowest BCUT2D eigenvalue weighted by Crippen LogP contribution is -2.05. The summed E-state index contributed by atoms with van der Waals surface area (Å²) in [5.41, 5.74) is 0.636. The molecule has 0 aliphatic carbocycles. The Labute approximate surface area is 114 Å². The lowest BCUT2D eigenvalue weighted by molar-refractivity contribution is 0.0989. The molecule has 0 amide bonds. The van der Waals surface area contributed by atoms with Crippen LogP contribution in [0.3, 0.4) is 0 Å². The Hall–Kier alpha value is -0.580. The van der Waals surface area contributed by atoms with E-state index in [0.29, 0.717) is 36.8 Å². The maximum atomic E-state index is 11.6. The minimum atomic E-state index is 0.0316. The van der Waals surface area contributed by atoms with Crippen molar-refractivity contribution < 1.29 is 14.3 Å². The second-order valence-corrected chi connectivity index (χ2v) is 4.58. The zero-order valence-corrected chi connectivity index (χ0v) is 11.9. The van der Waals surface area contributed by atoms with Crippen LogP contribution in [0.15, 0.2) is 22.7 Å². The fourth-order valence-electron chi connectivity index (χ4n) is 1.26. The number of hydrogen-bond acceptors (Lipinski definition) is 3. The molecule has 0 atom stereocenters. The van der Waals surface area contributed by atoms with Crippen molar-refractivity contribution in [1.29, 1.82) is 0 Å². The predicted molar refractivity (Wildman–Crippen MR) is 71.2 cm³/mol. The molecule has 0 N–H and O–H groups in total. The molecule has 0 aliphatic rings. The van der Waals surface area contributed by atoms with Crippen molar-refractivity contribution in [2.45, 2.75) is 6.42 Å². The molecule has 17 heavy (non-hydrogen) atoms. The number of carbonyl (C=O) groups is 1. The molecule has 0 saturated heterocycles. The standard InChI is InChI=1S/C12H14BrClO3/c1-16-6-7-17-12-3-2-9(8-10(12)13)11(15)4-5-14/h2-3,8H,4-7H2,1H3.